The Bertz CT molecular complexity index is 807. The van der Waals surface area contributed by atoms with Gasteiger partial charge in [-0.3, -0.25) is 9.59 Å². The number of nitrogens with one attached hydrogen (secondary N) is 1. The Labute approximate surface area is 284 Å². The number of carboxylic acid groups (broad SMARTS) is 1. The third-order valence-electron chi connectivity index (χ3n) is 9.55. The van der Waals surface area contributed by atoms with Gasteiger partial charge < -0.3 is 46.4 Å². The van der Waals surface area contributed by atoms with Crippen LogP contribution < -0.4 is 16.8 Å². The van der Waals surface area contributed by atoms with E-state index in [0.717, 1.165) is 117 Å². The van der Waals surface area contributed by atoms with E-state index in [1.54, 1.807) is 0 Å². The molecule has 0 radical (unpaired) electrons. The van der Waals surface area contributed by atoms with Gasteiger partial charge in [-0.1, -0.05) is 12.2 Å². The maximum atomic E-state index is 10.7. The van der Waals surface area contributed by atoms with Crippen LogP contribution in [-0.2, 0) is 9.59 Å². The van der Waals surface area contributed by atoms with Gasteiger partial charge in [0.25, 0.3) is 0 Å². The van der Waals surface area contributed by atoms with Gasteiger partial charge in [-0.2, -0.15) is 5.26 Å². The van der Waals surface area contributed by atoms with E-state index in [1.807, 2.05) is 7.05 Å². The molecule has 6 N–H and O–H groups in total. The summed E-state index contributed by atoms with van der Waals surface area (Å²) in [4.78, 5) is 33.1. The molecular formula is C33H65N9O3S. The molecule has 0 bridgehead atoms. The highest BCUT2D eigenvalue weighted by molar-refractivity contribution is 7.80. The summed E-state index contributed by atoms with van der Waals surface area (Å²) < 4.78 is 0. The number of piperidine rings is 4. The van der Waals surface area contributed by atoms with Crippen LogP contribution in [0.25, 0.3) is 0 Å². The second kappa shape index (κ2) is 24.3. The first-order valence-electron chi connectivity index (χ1n) is 17.2. The quantitative estimate of drug-likeness (QED) is 0.320. The van der Waals surface area contributed by atoms with Crippen LogP contribution in [0.15, 0.2) is 0 Å². The maximum Gasteiger partial charge on any atom is 0.306 e. The molecule has 0 spiro atoms. The largest absolute Gasteiger partial charge is 0.481 e. The lowest BCUT2D eigenvalue weighted by atomic mass is 9.97. The number of nitrogens with two attached hydrogens (primary N) is 2. The second-order valence-corrected chi connectivity index (χ2v) is 14.1. The maximum absolute atomic E-state index is 10.7. The van der Waals surface area contributed by atoms with Gasteiger partial charge in [0.05, 0.1) is 17.0 Å². The van der Waals surface area contributed by atoms with E-state index in [2.05, 4.69) is 64.1 Å². The first kappa shape index (κ1) is 42.1. The fourth-order valence-electron chi connectivity index (χ4n) is 5.76. The number of amides is 1. The molecule has 5 heterocycles. The molecule has 1 amide bonds. The Morgan fingerprint density at radius 1 is 0.630 bits per heavy atom. The predicted molar refractivity (Wildman–Crippen MR) is 190 cm³/mol. The summed E-state index contributed by atoms with van der Waals surface area (Å²) in [5.74, 6) is 0.126. The van der Waals surface area contributed by atoms with E-state index in [0.29, 0.717) is 16.8 Å². The highest BCUT2D eigenvalue weighted by atomic mass is 32.1. The summed E-state index contributed by atoms with van der Waals surface area (Å²) in [6, 6.07) is 2.30. The fraction of sp³-hybridized carbons (Fsp3) is 0.879. The van der Waals surface area contributed by atoms with Crippen LogP contribution in [0, 0.1) is 35.0 Å². The van der Waals surface area contributed by atoms with Crippen molar-refractivity contribution in [3.63, 3.8) is 0 Å². The van der Waals surface area contributed by atoms with Crippen LogP contribution in [0.4, 0.5) is 0 Å². The molecule has 5 fully saturated rings. The number of thiocarbonyl (C=S) groups is 1. The Kier molecular flexibility index (Phi) is 22.2. The van der Waals surface area contributed by atoms with Crippen molar-refractivity contribution in [3.8, 4) is 6.07 Å². The van der Waals surface area contributed by atoms with E-state index in [1.165, 1.54) is 13.1 Å². The van der Waals surface area contributed by atoms with Crippen LogP contribution in [-0.4, -0.2) is 160 Å². The number of piperazine rings is 1. The second-order valence-electron chi connectivity index (χ2n) is 13.6. The number of likely N-dealkylation sites (N-methyl/N-ethyl adjacent to an activating group) is 1. The van der Waals surface area contributed by atoms with Crippen molar-refractivity contribution in [1.82, 2.24) is 29.8 Å². The van der Waals surface area contributed by atoms with Gasteiger partial charge in [0.2, 0.25) is 5.91 Å². The molecule has 46 heavy (non-hydrogen) atoms. The molecule has 0 aromatic heterocycles. The van der Waals surface area contributed by atoms with Crippen molar-refractivity contribution < 1.29 is 14.7 Å². The standard InChI is InChI=1S/C7H14N2O.C7H14N2S.C7H12N2.C7H13NO2.C5H12N2/c2*1-9-4-2-6(3-5-9)7(8)10;1-9-4-2-7(6-8)3-5-9;1-8-4-2-6(3-5-8)7(9)10;1-7-4-2-6-3-5-7/h2*6H,2-5H2,1H3,(H2,8,10);7H,2-5H2,1H3;6H,2-5H2,1H3,(H,9,10);6H,2-5H2,1H3. The van der Waals surface area contributed by atoms with E-state index in [9.17, 15) is 9.59 Å². The van der Waals surface area contributed by atoms with Crippen LogP contribution in [0.5, 0.6) is 0 Å². The van der Waals surface area contributed by atoms with E-state index >= 15 is 0 Å². The number of primary amides is 1. The highest BCUT2D eigenvalue weighted by Gasteiger charge is 2.22. The smallest absolute Gasteiger partial charge is 0.306 e. The molecule has 0 aliphatic carbocycles. The van der Waals surface area contributed by atoms with Crippen molar-refractivity contribution in [2.75, 3.05) is 114 Å². The summed E-state index contributed by atoms with van der Waals surface area (Å²) in [5.41, 5.74) is 10.7. The lowest BCUT2D eigenvalue weighted by Gasteiger charge is -2.27. The van der Waals surface area contributed by atoms with Gasteiger partial charge in [-0.25, -0.2) is 0 Å². The summed E-state index contributed by atoms with van der Waals surface area (Å²) in [5, 5.41) is 20.4. The van der Waals surface area contributed by atoms with Crippen molar-refractivity contribution in [2.24, 2.45) is 35.1 Å². The first-order chi connectivity index (χ1) is 21.8. The van der Waals surface area contributed by atoms with Gasteiger partial charge in [0, 0.05) is 43.9 Å². The van der Waals surface area contributed by atoms with Gasteiger partial charge >= 0.3 is 5.97 Å². The SMILES string of the molecule is CN1CCC(C#N)CC1.CN1CCC(C(=O)O)CC1.CN1CCC(C(N)=O)CC1.CN1CCC(C(N)=S)CC1.CN1CCNCC1. The van der Waals surface area contributed by atoms with Gasteiger partial charge in [-0.05, 0) is 139 Å². The molecule has 13 heteroatoms. The number of carboxylic acids is 1. The Morgan fingerprint density at radius 2 is 0.957 bits per heavy atom. The predicted octanol–water partition coefficient (Wildman–Crippen LogP) is 1.21. The average molecular weight is 668 g/mol. The monoisotopic (exact) mass is 667 g/mol. The Hall–Kier alpha value is -1.92. The number of nitriles is 1. The fourth-order valence-corrected chi connectivity index (χ4v) is 5.99. The van der Waals surface area contributed by atoms with Gasteiger partial charge in [0.15, 0.2) is 0 Å². The lowest BCUT2D eigenvalue weighted by molar-refractivity contribution is -0.143. The number of aliphatic carboxylic acids is 1. The summed E-state index contributed by atoms with van der Waals surface area (Å²) >= 11 is 4.91. The zero-order valence-electron chi connectivity index (χ0n) is 29.5. The molecule has 0 aromatic carbocycles. The van der Waals surface area contributed by atoms with Gasteiger partial charge in [0.1, 0.15) is 0 Å². The zero-order chi connectivity index (χ0) is 34.5. The highest BCUT2D eigenvalue weighted by Crippen LogP contribution is 2.17. The molecule has 0 atom stereocenters. The normalized spacial score (nSPS) is 23.4. The molecule has 5 saturated heterocycles. The van der Waals surface area contributed by atoms with Crippen molar-refractivity contribution in [2.45, 2.75) is 51.4 Å². The minimum absolute atomic E-state index is 0.0869. The average Bonchev–Trinajstić information content (AvgIpc) is 3.04. The summed E-state index contributed by atoms with van der Waals surface area (Å²) in [6.07, 6.45) is 7.91. The number of carbonyl (C=O) groups is 2. The van der Waals surface area contributed by atoms with Crippen LogP contribution >= 0.6 is 12.2 Å². The first-order valence-corrected chi connectivity index (χ1v) is 17.6. The van der Waals surface area contributed by atoms with E-state index in [4.69, 9.17) is 34.1 Å². The molecule has 5 rings (SSSR count). The molecule has 0 aromatic rings. The van der Waals surface area contributed by atoms with E-state index < -0.39 is 5.97 Å². The molecule has 12 nitrogen and oxygen atoms in total. The Morgan fingerprint density at radius 3 is 1.24 bits per heavy atom. The molecule has 5 aliphatic rings. The number of carbonyl (C=O) groups excluding carboxylic acids is 1. The van der Waals surface area contributed by atoms with Crippen molar-refractivity contribution in [1.29, 1.82) is 5.26 Å². The van der Waals surface area contributed by atoms with Crippen LogP contribution in [0.1, 0.15) is 51.4 Å². The third kappa shape index (κ3) is 19.7. The minimum Gasteiger partial charge on any atom is -0.481 e. The zero-order valence-corrected chi connectivity index (χ0v) is 30.3. The summed E-state index contributed by atoms with van der Waals surface area (Å²) in [7, 11) is 10.5. The Balaban J connectivity index is 0.000000289. The molecule has 0 unspecified atom stereocenters. The van der Waals surface area contributed by atoms with Gasteiger partial charge in [-0.15, -0.1) is 0 Å². The van der Waals surface area contributed by atoms with Crippen LogP contribution in [0.2, 0.25) is 0 Å². The molecule has 5 aliphatic heterocycles. The van der Waals surface area contributed by atoms with Crippen LogP contribution in [0.3, 0.4) is 0 Å². The molecule has 0 saturated carbocycles. The van der Waals surface area contributed by atoms with E-state index in [-0.39, 0.29) is 17.7 Å². The lowest BCUT2D eigenvalue weighted by Crippen LogP contribution is -2.40. The number of hydrogen-bond acceptors (Lipinski definition) is 10. The topological polar surface area (TPSA) is 158 Å². The van der Waals surface area contributed by atoms with Crippen molar-refractivity contribution >= 4 is 29.1 Å². The molecular weight excluding hydrogens is 602 g/mol. The number of nitrogens with zero attached hydrogens (tertiary/aromatic N) is 6. The number of rotatable bonds is 3. The third-order valence-corrected chi connectivity index (χ3v) is 9.88. The molecule has 266 valence electrons. The minimum atomic E-state index is -0.631. The summed E-state index contributed by atoms with van der Waals surface area (Å²) in [6.45, 7) is 13.1. The van der Waals surface area contributed by atoms with Crippen molar-refractivity contribution in [3.05, 3.63) is 0 Å². The number of likely N-dealkylation sites (tertiary alicyclic amines) is 4. The number of hydrogen-bond donors (Lipinski definition) is 4.